The first-order valence-corrected chi connectivity index (χ1v) is 12.3. The maximum absolute atomic E-state index is 13.7. The number of rotatable bonds is 5. The molecule has 0 bridgehead atoms. The molecular weight excluding hydrogens is 477 g/mol. The van der Waals surface area contributed by atoms with Crippen LogP contribution >= 0.6 is 0 Å². The molecule has 1 N–H and O–H groups in total. The van der Waals surface area contributed by atoms with Crippen molar-refractivity contribution in [2.45, 2.75) is 38.1 Å². The molecule has 2 aromatic carbocycles. The molecule has 2 fully saturated rings. The number of halogens is 1. The first-order chi connectivity index (χ1) is 17.9. The fraction of sp³-hybridized carbons (Fsp3) is 0.321. The normalized spacial score (nSPS) is 18.7. The van der Waals surface area contributed by atoms with E-state index in [4.69, 9.17) is 9.15 Å². The lowest BCUT2D eigenvalue weighted by molar-refractivity contribution is -0.128. The van der Waals surface area contributed by atoms with Crippen LogP contribution in [-0.2, 0) is 16.1 Å². The summed E-state index contributed by atoms with van der Waals surface area (Å²) in [5.74, 6) is -0.752. The second kappa shape index (κ2) is 10.2. The van der Waals surface area contributed by atoms with Crippen LogP contribution in [0.5, 0.6) is 0 Å². The number of ether oxygens (including phenoxy) is 1. The van der Waals surface area contributed by atoms with Crippen LogP contribution in [0.1, 0.15) is 44.9 Å². The van der Waals surface area contributed by atoms with E-state index in [2.05, 4.69) is 5.32 Å². The summed E-state index contributed by atoms with van der Waals surface area (Å²) in [5.41, 5.74) is 0.811. The second-order valence-electron chi connectivity index (χ2n) is 9.41. The van der Waals surface area contributed by atoms with Crippen molar-refractivity contribution in [1.82, 2.24) is 15.1 Å². The molecular formula is C28H28FN3O5. The number of carbonyl (C=O) groups excluding carboxylic acids is 3. The van der Waals surface area contributed by atoms with E-state index >= 15 is 0 Å². The molecule has 3 heterocycles. The summed E-state index contributed by atoms with van der Waals surface area (Å²) in [6.07, 6.45) is 2.21. The highest BCUT2D eigenvalue weighted by molar-refractivity contribution is 5.98. The molecule has 1 atom stereocenters. The Balaban J connectivity index is 1.36. The number of piperidine rings is 1. The third-order valence-corrected chi connectivity index (χ3v) is 6.99. The average molecular weight is 506 g/mol. The van der Waals surface area contributed by atoms with Gasteiger partial charge >= 0.3 is 0 Å². The van der Waals surface area contributed by atoms with Gasteiger partial charge in [-0.1, -0.05) is 17.7 Å². The summed E-state index contributed by atoms with van der Waals surface area (Å²) >= 11 is 0. The maximum Gasteiger partial charge on any atom is 0.256 e. The molecule has 192 valence electrons. The molecule has 37 heavy (non-hydrogen) atoms. The second-order valence-corrected chi connectivity index (χ2v) is 9.41. The Morgan fingerprint density at radius 2 is 1.76 bits per heavy atom. The van der Waals surface area contributed by atoms with Gasteiger partial charge in [-0.15, -0.1) is 0 Å². The Hall–Kier alpha value is -3.98. The zero-order valence-corrected chi connectivity index (χ0v) is 20.5. The van der Waals surface area contributed by atoms with Gasteiger partial charge in [0.15, 0.2) is 0 Å². The summed E-state index contributed by atoms with van der Waals surface area (Å²) in [6.45, 7) is 2.85. The van der Waals surface area contributed by atoms with Gasteiger partial charge < -0.3 is 19.4 Å². The SMILES string of the molecule is Cc1cccc(C(=O)N2CCC3(CC2)OCC(C(=O)NCc2ccco2)N3C(=O)c2ccc(F)cc2)c1. The van der Waals surface area contributed by atoms with Gasteiger partial charge in [0, 0.05) is 37.1 Å². The minimum absolute atomic E-state index is 0.0166. The van der Waals surface area contributed by atoms with Gasteiger partial charge in [-0.25, -0.2) is 4.39 Å². The van der Waals surface area contributed by atoms with E-state index in [9.17, 15) is 18.8 Å². The van der Waals surface area contributed by atoms with Gasteiger partial charge in [-0.3, -0.25) is 19.3 Å². The Morgan fingerprint density at radius 3 is 2.43 bits per heavy atom. The third-order valence-electron chi connectivity index (χ3n) is 6.99. The molecule has 0 aliphatic carbocycles. The predicted molar refractivity (Wildman–Crippen MR) is 132 cm³/mol. The van der Waals surface area contributed by atoms with E-state index in [1.165, 1.54) is 35.4 Å². The highest BCUT2D eigenvalue weighted by Crippen LogP contribution is 2.39. The van der Waals surface area contributed by atoms with Gasteiger partial charge in [-0.2, -0.15) is 0 Å². The number of amides is 3. The molecule has 5 rings (SSSR count). The molecule has 0 radical (unpaired) electrons. The number of benzene rings is 2. The smallest absolute Gasteiger partial charge is 0.256 e. The fourth-order valence-corrected chi connectivity index (χ4v) is 5.02. The number of aryl methyl sites for hydroxylation is 1. The highest BCUT2D eigenvalue weighted by atomic mass is 19.1. The van der Waals surface area contributed by atoms with E-state index in [1.807, 2.05) is 25.1 Å². The molecule has 1 spiro atoms. The summed E-state index contributed by atoms with van der Waals surface area (Å²) in [5, 5.41) is 2.82. The van der Waals surface area contributed by atoms with Gasteiger partial charge in [0.2, 0.25) is 5.91 Å². The van der Waals surface area contributed by atoms with Crippen molar-refractivity contribution in [2.24, 2.45) is 0 Å². The monoisotopic (exact) mass is 505 g/mol. The van der Waals surface area contributed by atoms with Crippen LogP contribution in [0.3, 0.4) is 0 Å². The van der Waals surface area contributed by atoms with Crippen LogP contribution < -0.4 is 5.32 Å². The number of nitrogens with zero attached hydrogens (tertiary/aromatic N) is 2. The van der Waals surface area contributed by atoms with Crippen molar-refractivity contribution in [3.05, 3.63) is 95.2 Å². The Kier molecular flexibility index (Phi) is 6.80. The van der Waals surface area contributed by atoms with Crippen LogP contribution in [-0.4, -0.2) is 59.0 Å². The molecule has 0 saturated carbocycles. The van der Waals surface area contributed by atoms with Crippen molar-refractivity contribution < 1.29 is 27.9 Å². The highest BCUT2D eigenvalue weighted by Gasteiger charge is 2.54. The molecule has 1 aromatic heterocycles. The summed E-state index contributed by atoms with van der Waals surface area (Å²) in [6, 6.07) is 15.2. The number of carbonyl (C=O) groups is 3. The minimum Gasteiger partial charge on any atom is -0.467 e. The van der Waals surface area contributed by atoms with E-state index in [0.717, 1.165) is 5.56 Å². The van der Waals surface area contributed by atoms with Gasteiger partial charge in [0.05, 0.1) is 19.4 Å². The third kappa shape index (κ3) is 4.99. The van der Waals surface area contributed by atoms with Gasteiger partial charge in [-0.05, 0) is 55.5 Å². The van der Waals surface area contributed by atoms with Crippen molar-refractivity contribution in [2.75, 3.05) is 19.7 Å². The maximum atomic E-state index is 13.7. The van der Waals surface area contributed by atoms with E-state index in [0.29, 0.717) is 37.3 Å². The van der Waals surface area contributed by atoms with Crippen LogP contribution in [0.15, 0.2) is 71.3 Å². The van der Waals surface area contributed by atoms with E-state index in [-0.39, 0.29) is 30.5 Å². The minimum atomic E-state index is -1.05. The number of hydrogen-bond acceptors (Lipinski definition) is 5. The standard InChI is InChI=1S/C28H28FN3O5/c1-19-4-2-5-21(16-19)26(34)31-13-11-28(12-14-31)32(27(35)20-7-9-22(29)10-8-20)24(18-37-28)25(33)30-17-23-6-3-15-36-23/h2-10,15-16,24H,11-14,17-18H2,1H3,(H,30,33). The van der Waals surface area contributed by atoms with E-state index in [1.54, 1.807) is 23.1 Å². The van der Waals surface area contributed by atoms with Crippen LogP contribution in [0.25, 0.3) is 0 Å². The summed E-state index contributed by atoms with van der Waals surface area (Å²) in [7, 11) is 0. The lowest BCUT2D eigenvalue weighted by Crippen LogP contribution is -2.59. The molecule has 2 aliphatic rings. The lowest BCUT2D eigenvalue weighted by atomic mass is 9.96. The van der Waals surface area contributed by atoms with Crippen LogP contribution in [0.4, 0.5) is 4.39 Å². The number of furan rings is 1. The number of hydrogen-bond donors (Lipinski definition) is 1. The Bertz CT molecular complexity index is 1280. The Labute approximate surface area is 214 Å². The van der Waals surface area contributed by atoms with Crippen molar-refractivity contribution in [3.63, 3.8) is 0 Å². The van der Waals surface area contributed by atoms with Gasteiger partial charge in [0.25, 0.3) is 11.8 Å². The molecule has 1 unspecified atom stereocenters. The average Bonchev–Trinajstić information content (AvgIpc) is 3.56. The zero-order chi connectivity index (χ0) is 26.0. The number of likely N-dealkylation sites (tertiary alicyclic amines) is 1. The largest absolute Gasteiger partial charge is 0.467 e. The van der Waals surface area contributed by atoms with E-state index < -0.39 is 23.5 Å². The topological polar surface area (TPSA) is 92.1 Å². The summed E-state index contributed by atoms with van der Waals surface area (Å²) in [4.78, 5) is 43.2. The predicted octanol–water partition coefficient (Wildman–Crippen LogP) is 3.52. The van der Waals surface area contributed by atoms with Crippen molar-refractivity contribution in [3.8, 4) is 0 Å². The summed E-state index contributed by atoms with van der Waals surface area (Å²) < 4.78 is 25.0. The first kappa shape index (κ1) is 24.7. The van der Waals surface area contributed by atoms with Crippen LogP contribution in [0.2, 0.25) is 0 Å². The quantitative estimate of drug-likeness (QED) is 0.573. The van der Waals surface area contributed by atoms with Crippen molar-refractivity contribution >= 4 is 17.7 Å². The van der Waals surface area contributed by atoms with Crippen LogP contribution in [0, 0.1) is 12.7 Å². The first-order valence-electron chi connectivity index (χ1n) is 12.3. The molecule has 2 aliphatic heterocycles. The molecule has 3 amide bonds. The lowest BCUT2D eigenvalue weighted by Gasteiger charge is -2.44. The molecule has 2 saturated heterocycles. The Morgan fingerprint density at radius 1 is 1.00 bits per heavy atom. The molecule has 9 heteroatoms. The molecule has 8 nitrogen and oxygen atoms in total. The number of nitrogens with one attached hydrogen (secondary N) is 1. The zero-order valence-electron chi connectivity index (χ0n) is 20.5. The van der Waals surface area contributed by atoms with Gasteiger partial charge in [0.1, 0.15) is 23.3 Å². The van der Waals surface area contributed by atoms with Crippen molar-refractivity contribution in [1.29, 1.82) is 0 Å². The fourth-order valence-electron chi connectivity index (χ4n) is 5.02. The molecule has 3 aromatic rings.